The van der Waals surface area contributed by atoms with Gasteiger partial charge in [-0.25, -0.2) is 5.10 Å². The molecule has 0 radical (unpaired) electrons. The van der Waals surface area contributed by atoms with E-state index in [0.29, 0.717) is 23.9 Å². The van der Waals surface area contributed by atoms with E-state index in [0.717, 1.165) is 24.2 Å². The number of fused-ring (bicyclic) bond motifs is 1. The molecule has 3 rings (SSSR count). The van der Waals surface area contributed by atoms with E-state index >= 15 is 0 Å². The molecule has 0 aromatic carbocycles. The molecule has 1 aliphatic heterocycles. The molecule has 4 N–H and O–H groups in total. The molecule has 10 heteroatoms. The highest BCUT2D eigenvalue weighted by molar-refractivity contribution is 7.99. The largest absolute Gasteiger partial charge is 0.390 e. The Kier molecular flexibility index (Phi) is 4.53. The number of nitrogen functional groups attached to an aromatic ring is 1. The second-order valence-corrected chi connectivity index (χ2v) is 6.15. The topological polar surface area (TPSA) is 126 Å². The number of thioether (sulfide) groups is 1. The van der Waals surface area contributed by atoms with E-state index in [9.17, 15) is 9.90 Å². The van der Waals surface area contributed by atoms with Gasteiger partial charge in [-0.2, -0.15) is 10.1 Å². The van der Waals surface area contributed by atoms with Gasteiger partial charge in [0, 0.05) is 37.3 Å². The highest BCUT2D eigenvalue weighted by atomic mass is 32.2. The number of aliphatic hydroxyl groups is 1. The smallest absolute Gasteiger partial charge is 0.233 e. The Labute approximate surface area is 137 Å². The number of carbonyl (C=O) groups excluding carboxylic acids is 1. The Morgan fingerprint density at radius 3 is 3.00 bits per heavy atom. The zero-order chi connectivity index (χ0) is 16.4. The predicted octanol–water partition coefficient (Wildman–Crippen LogP) is -0.227. The van der Waals surface area contributed by atoms with Gasteiger partial charge in [0.25, 0.3) is 0 Å². The highest BCUT2D eigenvalue weighted by Gasteiger charge is 2.26. The van der Waals surface area contributed by atoms with Gasteiger partial charge in [0.15, 0.2) is 0 Å². The Morgan fingerprint density at radius 1 is 1.52 bits per heavy atom. The first-order chi connectivity index (χ1) is 11.1. The van der Waals surface area contributed by atoms with Crippen LogP contribution in [-0.4, -0.2) is 53.2 Å². The first-order valence-corrected chi connectivity index (χ1v) is 8.37. The van der Waals surface area contributed by atoms with Gasteiger partial charge in [0.2, 0.25) is 17.0 Å². The fourth-order valence-electron chi connectivity index (χ4n) is 2.70. The van der Waals surface area contributed by atoms with Crippen molar-refractivity contribution in [2.24, 2.45) is 0 Å². The van der Waals surface area contributed by atoms with Gasteiger partial charge in [-0.1, -0.05) is 11.8 Å². The number of nitrogens with one attached hydrogen (secondary N) is 1. The third-order valence-electron chi connectivity index (χ3n) is 3.83. The average Bonchev–Trinajstić information content (AvgIpc) is 3.14. The molecule has 3 heterocycles. The number of hydrogen-bond acceptors (Lipinski definition) is 7. The Balaban J connectivity index is 1.66. The van der Waals surface area contributed by atoms with Crippen LogP contribution in [0.5, 0.6) is 0 Å². The number of nitrogens with zero attached hydrogens (tertiary/aromatic N) is 5. The maximum Gasteiger partial charge on any atom is 0.233 e. The molecular weight excluding hydrogens is 318 g/mol. The molecule has 1 aliphatic rings. The van der Waals surface area contributed by atoms with Crippen LogP contribution in [-0.2, 0) is 30.9 Å². The molecule has 0 spiro atoms. The molecule has 0 fully saturated rings. The quantitative estimate of drug-likeness (QED) is 0.643. The number of carbonyl (C=O) groups is 1. The minimum Gasteiger partial charge on any atom is -0.390 e. The molecule has 0 unspecified atom stereocenters. The van der Waals surface area contributed by atoms with Crippen molar-refractivity contribution < 1.29 is 9.90 Å². The first kappa shape index (κ1) is 15.8. The number of anilines is 1. The lowest BCUT2D eigenvalue weighted by atomic mass is 10.1. The number of hydrogen-bond donors (Lipinski definition) is 3. The lowest BCUT2D eigenvalue weighted by Crippen LogP contribution is -2.37. The number of rotatable bonds is 5. The van der Waals surface area contributed by atoms with E-state index in [1.807, 2.05) is 11.6 Å². The van der Waals surface area contributed by atoms with Crippen molar-refractivity contribution in [2.75, 3.05) is 18.0 Å². The van der Waals surface area contributed by atoms with Crippen LogP contribution in [0.1, 0.15) is 23.9 Å². The summed E-state index contributed by atoms with van der Waals surface area (Å²) in [4.78, 5) is 18.1. The number of aryl methyl sites for hydroxylation is 1. The summed E-state index contributed by atoms with van der Waals surface area (Å²) in [5, 5.41) is 20.8. The molecule has 2 aromatic rings. The molecule has 0 saturated heterocycles. The summed E-state index contributed by atoms with van der Waals surface area (Å²) in [6.45, 7) is 3.81. The lowest BCUT2D eigenvalue weighted by Gasteiger charge is -2.27. The van der Waals surface area contributed by atoms with E-state index in [1.54, 1.807) is 4.90 Å². The Bertz CT molecular complexity index is 711. The van der Waals surface area contributed by atoms with Crippen LogP contribution in [0, 0.1) is 0 Å². The van der Waals surface area contributed by atoms with Crippen molar-refractivity contribution in [3.8, 4) is 0 Å². The zero-order valence-corrected chi connectivity index (χ0v) is 13.6. The second-order valence-electron chi connectivity index (χ2n) is 5.20. The summed E-state index contributed by atoms with van der Waals surface area (Å²) in [5.74, 6) is 0.502. The van der Waals surface area contributed by atoms with Gasteiger partial charge in [0.1, 0.15) is 0 Å². The number of nitrogens with two attached hydrogens (primary N) is 1. The minimum atomic E-state index is -0.109. The summed E-state index contributed by atoms with van der Waals surface area (Å²) in [7, 11) is 0. The second kappa shape index (κ2) is 6.59. The van der Waals surface area contributed by atoms with Crippen LogP contribution in [0.3, 0.4) is 0 Å². The molecule has 0 aliphatic carbocycles. The van der Waals surface area contributed by atoms with Crippen molar-refractivity contribution in [2.45, 2.75) is 38.2 Å². The van der Waals surface area contributed by atoms with Gasteiger partial charge in [0.05, 0.1) is 18.1 Å². The summed E-state index contributed by atoms with van der Waals surface area (Å²) < 4.78 is 1.91. The number of H-pyrrole nitrogens is 1. The van der Waals surface area contributed by atoms with E-state index in [-0.39, 0.29) is 24.2 Å². The maximum atomic E-state index is 12.4. The lowest BCUT2D eigenvalue weighted by molar-refractivity contribution is -0.129. The van der Waals surface area contributed by atoms with Crippen LogP contribution in [0.4, 0.5) is 5.95 Å². The first-order valence-electron chi connectivity index (χ1n) is 7.39. The third kappa shape index (κ3) is 3.17. The summed E-state index contributed by atoms with van der Waals surface area (Å²) in [6, 6.07) is 0. The van der Waals surface area contributed by atoms with Gasteiger partial charge >= 0.3 is 0 Å². The molecule has 23 heavy (non-hydrogen) atoms. The Hall–Kier alpha value is -2.07. The van der Waals surface area contributed by atoms with E-state index in [1.165, 1.54) is 11.8 Å². The van der Waals surface area contributed by atoms with Crippen LogP contribution in [0.25, 0.3) is 0 Å². The average molecular weight is 337 g/mol. The molecule has 9 nitrogen and oxygen atoms in total. The third-order valence-corrected chi connectivity index (χ3v) is 4.66. The van der Waals surface area contributed by atoms with Crippen LogP contribution >= 0.6 is 11.8 Å². The molecule has 0 bridgehead atoms. The van der Waals surface area contributed by atoms with Gasteiger partial charge in [-0.3, -0.25) is 9.48 Å². The molecular formula is C13H19N7O2S. The van der Waals surface area contributed by atoms with E-state index < -0.39 is 0 Å². The van der Waals surface area contributed by atoms with Gasteiger partial charge < -0.3 is 15.7 Å². The van der Waals surface area contributed by atoms with Crippen molar-refractivity contribution in [3.05, 3.63) is 17.0 Å². The van der Waals surface area contributed by atoms with Crippen molar-refractivity contribution >= 4 is 23.6 Å². The molecule has 0 atom stereocenters. The fourth-order valence-corrected chi connectivity index (χ4v) is 3.41. The van der Waals surface area contributed by atoms with Crippen LogP contribution in [0.2, 0.25) is 0 Å². The number of aliphatic hydroxyl groups excluding tert-OH is 1. The number of aromatic nitrogens is 5. The monoisotopic (exact) mass is 337 g/mol. The normalized spacial score (nSPS) is 14.1. The molecule has 1 amide bonds. The van der Waals surface area contributed by atoms with E-state index in [2.05, 4.69) is 20.3 Å². The van der Waals surface area contributed by atoms with Gasteiger partial charge in [-0.05, 0) is 6.92 Å². The zero-order valence-electron chi connectivity index (χ0n) is 12.8. The number of aromatic amines is 1. The standard InChI is InChI=1S/C13H19N7O2S/c1-2-20-10-3-4-19(5-8(10)9(6-21)18-20)11(22)7-23-13-15-12(14)16-17-13/h21H,2-7H2,1H3,(H3,14,15,16,17). The fraction of sp³-hybridized carbons (Fsp3) is 0.538. The summed E-state index contributed by atoms with van der Waals surface area (Å²) in [5.41, 5.74) is 8.21. The van der Waals surface area contributed by atoms with Crippen molar-refractivity contribution in [1.29, 1.82) is 0 Å². The van der Waals surface area contributed by atoms with Crippen LogP contribution < -0.4 is 5.73 Å². The molecule has 0 saturated carbocycles. The van der Waals surface area contributed by atoms with Crippen molar-refractivity contribution in [3.63, 3.8) is 0 Å². The summed E-state index contributed by atoms with van der Waals surface area (Å²) >= 11 is 1.25. The summed E-state index contributed by atoms with van der Waals surface area (Å²) in [6.07, 6.45) is 0.750. The molecule has 124 valence electrons. The van der Waals surface area contributed by atoms with Crippen LogP contribution in [0.15, 0.2) is 5.16 Å². The van der Waals surface area contributed by atoms with Gasteiger partial charge in [-0.15, -0.1) is 5.10 Å². The molecule has 2 aromatic heterocycles. The SMILES string of the molecule is CCn1nc(CO)c2c1CCN(C(=O)CSc1n[nH]c(N)n1)C2. The Morgan fingerprint density at radius 2 is 2.35 bits per heavy atom. The highest BCUT2D eigenvalue weighted by Crippen LogP contribution is 2.24. The predicted molar refractivity (Wildman–Crippen MR) is 84.5 cm³/mol. The number of amides is 1. The van der Waals surface area contributed by atoms with E-state index in [4.69, 9.17) is 5.73 Å². The maximum absolute atomic E-state index is 12.4. The minimum absolute atomic E-state index is 0.0113. The van der Waals surface area contributed by atoms with Crippen molar-refractivity contribution in [1.82, 2.24) is 29.9 Å².